The third kappa shape index (κ3) is 7.30. The summed E-state index contributed by atoms with van der Waals surface area (Å²) in [5.74, 6) is -1.76. The first kappa shape index (κ1) is 25.7. The van der Waals surface area contributed by atoms with Gasteiger partial charge in [-0.25, -0.2) is 5.43 Å². The van der Waals surface area contributed by atoms with Crippen LogP contribution in [0.3, 0.4) is 0 Å². The van der Waals surface area contributed by atoms with E-state index in [1.54, 1.807) is 54.6 Å². The molecule has 3 N–H and O–H groups in total. The van der Waals surface area contributed by atoms with E-state index in [9.17, 15) is 14.4 Å². The fourth-order valence-electron chi connectivity index (χ4n) is 2.90. The zero-order valence-electron chi connectivity index (χ0n) is 18.9. The predicted molar refractivity (Wildman–Crippen MR) is 137 cm³/mol. The second kappa shape index (κ2) is 12.0. The summed E-state index contributed by atoms with van der Waals surface area (Å²) >= 11 is 12.0. The zero-order chi connectivity index (χ0) is 25.4. The van der Waals surface area contributed by atoms with Crippen LogP contribution >= 0.6 is 23.2 Å². The summed E-state index contributed by atoms with van der Waals surface area (Å²) in [5.41, 5.74) is 5.57. The Morgan fingerprint density at radius 2 is 1.63 bits per heavy atom. The van der Waals surface area contributed by atoms with Crippen molar-refractivity contribution < 1.29 is 19.1 Å². The molecular weight excluding hydrogens is 491 g/mol. The largest absolute Gasteiger partial charge is 0.484 e. The van der Waals surface area contributed by atoms with Gasteiger partial charge in [-0.3, -0.25) is 14.4 Å². The summed E-state index contributed by atoms with van der Waals surface area (Å²) in [7, 11) is 0. The summed E-state index contributed by atoms with van der Waals surface area (Å²) < 4.78 is 5.50. The normalized spacial score (nSPS) is 10.6. The number of aryl methyl sites for hydroxylation is 1. The molecule has 0 radical (unpaired) electrons. The molecule has 0 bridgehead atoms. The number of hydrogen-bond donors (Lipinski definition) is 3. The van der Waals surface area contributed by atoms with Gasteiger partial charge in [0.05, 0.1) is 21.9 Å². The molecule has 3 aromatic carbocycles. The van der Waals surface area contributed by atoms with Gasteiger partial charge in [-0.15, -0.1) is 0 Å². The number of ether oxygens (including phenoxy) is 1. The van der Waals surface area contributed by atoms with Crippen molar-refractivity contribution in [2.45, 2.75) is 13.8 Å². The number of benzene rings is 3. The van der Waals surface area contributed by atoms with E-state index in [2.05, 4.69) is 21.2 Å². The molecule has 0 saturated carbocycles. The van der Waals surface area contributed by atoms with Crippen LogP contribution in [-0.4, -0.2) is 30.5 Å². The summed E-state index contributed by atoms with van der Waals surface area (Å²) in [4.78, 5) is 36.3. The second-order valence-corrected chi connectivity index (χ2v) is 8.20. The van der Waals surface area contributed by atoms with Crippen molar-refractivity contribution in [2.75, 3.05) is 17.2 Å². The molecule has 35 heavy (non-hydrogen) atoms. The van der Waals surface area contributed by atoms with E-state index in [1.165, 1.54) is 6.21 Å². The smallest absolute Gasteiger partial charge is 0.329 e. The lowest BCUT2D eigenvalue weighted by molar-refractivity contribution is -0.136. The molecule has 0 saturated heterocycles. The maximum absolute atomic E-state index is 12.2. The number of anilines is 2. The first-order valence-corrected chi connectivity index (χ1v) is 11.2. The molecular formula is C25H22Cl2N4O4. The number of hydrogen-bond acceptors (Lipinski definition) is 5. The number of halogens is 2. The fraction of sp³-hybridized carbons (Fsp3) is 0.120. The highest BCUT2D eigenvalue weighted by molar-refractivity contribution is 6.44. The molecule has 0 fully saturated rings. The van der Waals surface area contributed by atoms with Crippen molar-refractivity contribution in [3.05, 3.63) is 87.4 Å². The maximum Gasteiger partial charge on any atom is 0.329 e. The molecule has 3 rings (SSSR count). The number of nitrogens with zero attached hydrogens (tertiary/aromatic N) is 1. The van der Waals surface area contributed by atoms with Gasteiger partial charge in [0, 0.05) is 5.69 Å². The molecule has 3 aromatic rings. The molecule has 0 aliphatic carbocycles. The molecule has 180 valence electrons. The number of hydrazone groups is 1. The summed E-state index contributed by atoms with van der Waals surface area (Å²) in [6, 6.07) is 17.0. The van der Waals surface area contributed by atoms with Gasteiger partial charge in [0.1, 0.15) is 5.75 Å². The van der Waals surface area contributed by atoms with E-state index >= 15 is 0 Å². The number of nitrogens with one attached hydrogen (secondary N) is 3. The van der Waals surface area contributed by atoms with E-state index in [0.29, 0.717) is 27.7 Å². The number of rotatable bonds is 7. The van der Waals surface area contributed by atoms with Crippen molar-refractivity contribution in [1.82, 2.24) is 5.43 Å². The van der Waals surface area contributed by atoms with Gasteiger partial charge in [0.2, 0.25) is 0 Å². The Balaban J connectivity index is 1.51. The van der Waals surface area contributed by atoms with Crippen LogP contribution in [0, 0.1) is 13.8 Å². The SMILES string of the molecule is Cc1cccc(NC(=O)C(=O)N/N=C/c2cccc(OCC(=O)Nc3cccc(Cl)c3Cl)c2)c1C. The van der Waals surface area contributed by atoms with Gasteiger partial charge in [0.25, 0.3) is 5.91 Å². The third-order valence-electron chi connectivity index (χ3n) is 4.89. The topological polar surface area (TPSA) is 109 Å². The van der Waals surface area contributed by atoms with Crippen LogP contribution in [0.5, 0.6) is 5.75 Å². The van der Waals surface area contributed by atoms with Gasteiger partial charge in [-0.1, -0.05) is 53.5 Å². The first-order valence-electron chi connectivity index (χ1n) is 10.4. The van der Waals surface area contributed by atoms with Gasteiger partial charge in [-0.05, 0) is 60.9 Å². The molecule has 10 heteroatoms. The van der Waals surface area contributed by atoms with Crippen molar-refractivity contribution >= 4 is 58.5 Å². The van der Waals surface area contributed by atoms with E-state index < -0.39 is 17.7 Å². The highest BCUT2D eigenvalue weighted by atomic mass is 35.5. The Bertz CT molecular complexity index is 1290. The van der Waals surface area contributed by atoms with Gasteiger partial charge < -0.3 is 15.4 Å². The second-order valence-electron chi connectivity index (χ2n) is 7.41. The average Bonchev–Trinajstić information content (AvgIpc) is 2.84. The van der Waals surface area contributed by atoms with Crippen molar-refractivity contribution in [3.63, 3.8) is 0 Å². The van der Waals surface area contributed by atoms with Crippen LogP contribution < -0.4 is 20.8 Å². The lowest BCUT2D eigenvalue weighted by Gasteiger charge is -2.10. The van der Waals surface area contributed by atoms with Crippen LogP contribution in [0.15, 0.2) is 65.8 Å². The molecule has 0 unspecified atom stereocenters. The van der Waals surface area contributed by atoms with Crippen molar-refractivity contribution in [1.29, 1.82) is 0 Å². The van der Waals surface area contributed by atoms with Crippen molar-refractivity contribution in [2.24, 2.45) is 5.10 Å². The number of carbonyl (C=O) groups is 3. The number of amides is 3. The highest BCUT2D eigenvalue weighted by Crippen LogP contribution is 2.29. The predicted octanol–water partition coefficient (Wildman–Crippen LogP) is 4.72. The van der Waals surface area contributed by atoms with Gasteiger partial charge in [0.15, 0.2) is 6.61 Å². The van der Waals surface area contributed by atoms with Crippen LogP contribution in [0.4, 0.5) is 11.4 Å². The Morgan fingerprint density at radius 1 is 0.914 bits per heavy atom. The van der Waals surface area contributed by atoms with Gasteiger partial charge >= 0.3 is 11.8 Å². The Labute approximate surface area is 212 Å². The van der Waals surface area contributed by atoms with Crippen LogP contribution in [-0.2, 0) is 14.4 Å². The lowest BCUT2D eigenvalue weighted by Crippen LogP contribution is -2.32. The van der Waals surface area contributed by atoms with E-state index in [4.69, 9.17) is 27.9 Å². The summed E-state index contributed by atoms with van der Waals surface area (Å²) in [6.07, 6.45) is 1.35. The van der Waals surface area contributed by atoms with Crippen LogP contribution in [0.25, 0.3) is 0 Å². The standard InChI is InChI=1S/C25H22Cl2N4O4/c1-15-6-3-10-20(16(15)2)30-24(33)25(34)31-28-13-17-7-4-8-18(12-17)35-14-22(32)29-21-11-5-9-19(26)23(21)27/h3-13H,14H2,1-2H3,(H,29,32)(H,30,33)(H,31,34)/b28-13+. The third-order valence-corrected chi connectivity index (χ3v) is 5.71. The quantitative estimate of drug-likeness (QED) is 0.241. The molecule has 0 aliphatic heterocycles. The fourth-order valence-corrected chi connectivity index (χ4v) is 3.25. The molecule has 8 nitrogen and oxygen atoms in total. The minimum atomic E-state index is -0.911. The molecule has 0 atom stereocenters. The van der Waals surface area contributed by atoms with Crippen molar-refractivity contribution in [3.8, 4) is 5.75 Å². The molecule has 0 spiro atoms. The van der Waals surface area contributed by atoms with E-state index in [-0.39, 0.29) is 11.6 Å². The van der Waals surface area contributed by atoms with E-state index in [1.807, 2.05) is 19.9 Å². The number of carbonyl (C=O) groups excluding carboxylic acids is 3. The average molecular weight is 513 g/mol. The zero-order valence-corrected chi connectivity index (χ0v) is 20.4. The molecule has 3 amide bonds. The maximum atomic E-state index is 12.2. The summed E-state index contributed by atoms with van der Waals surface area (Å²) in [6.45, 7) is 3.50. The van der Waals surface area contributed by atoms with Gasteiger partial charge in [-0.2, -0.15) is 5.10 Å². The summed E-state index contributed by atoms with van der Waals surface area (Å²) in [5, 5.41) is 9.56. The molecule has 0 aromatic heterocycles. The van der Waals surface area contributed by atoms with E-state index in [0.717, 1.165) is 11.1 Å². The minimum absolute atomic E-state index is 0.241. The highest BCUT2D eigenvalue weighted by Gasteiger charge is 2.14. The molecule has 0 aliphatic rings. The Hall–Kier alpha value is -3.88. The Morgan fingerprint density at radius 3 is 2.43 bits per heavy atom. The minimum Gasteiger partial charge on any atom is -0.484 e. The van der Waals surface area contributed by atoms with Crippen LogP contribution in [0.2, 0.25) is 10.0 Å². The monoisotopic (exact) mass is 512 g/mol. The first-order chi connectivity index (χ1) is 16.7. The molecule has 0 heterocycles. The Kier molecular flexibility index (Phi) is 8.83. The van der Waals surface area contributed by atoms with Crippen LogP contribution in [0.1, 0.15) is 16.7 Å². The lowest BCUT2D eigenvalue weighted by atomic mass is 10.1.